The quantitative estimate of drug-likeness (QED) is 0.354. The molecule has 0 unspecified atom stereocenters. The summed E-state index contributed by atoms with van der Waals surface area (Å²) in [4.78, 5) is 17.5. The Morgan fingerprint density at radius 3 is 2.92 bits per heavy atom. The summed E-state index contributed by atoms with van der Waals surface area (Å²) in [6, 6.07) is 5.09. The lowest BCUT2D eigenvalue weighted by atomic mass is 10.2. The average molecular weight is 381 g/mol. The zero-order valence-corrected chi connectivity index (χ0v) is 15.4. The number of ether oxygens (including phenoxy) is 1. The lowest BCUT2D eigenvalue weighted by Crippen LogP contribution is -2.24. The lowest BCUT2D eigenvalue weighted by Gasteiger charge is -2.12. The van der Waals surface area contributed by atoms with Gasteiger partial charge in [-0.25, -0.2) is 4.98 Å². The lowest BCUT2D eigenvalue weighted by molar-refractivity contribution is 0.189. The van der Waals surface area contributed by atoms with Crippen LogP contribution in [0.3, 0.4) is 0 Å². The standard InChI is InChI=1S/C16H17ClN4O3S/c1-10-19-20-14(24-10)9-25-16-18-13-8-11(17)4-5-12(13)15(22)21(16)6-3-7-23-2/h4-5,8H,3,6-7,9H2,1-2H3. The third kappa shape index (κ3) is 4.20. The Bertz CT molecular complexity index is 941. The number of halogens is 1. The Morgan fingerprint density at radius 2 is 2.20 bits per heavy atom. The van der Waals surface area contributed by atoms with Crippen LogP contribution in [0.15, 0.2) is 32.6 Å². The van der Waals surface area contributed by atoms with E-state index in [9.17, 15) is 4.79 Å². The van der Waals surface area contributed by atoms with E-state index in [1.54, 1.807) is 36.8 Å². The second kappa shape index (κ2) is 7.99. The van der Waals surface area contributed by atoms with Crippen LogP contribution in [0.1, 0.15) is 18.2 Å². The molecule has 9 heteroatoms. The molecular formula is C16H17ClN4O3S. The SMILES string of the molecule is COCCCn1c(SCc2nnc(C)o2)nc2cc(Cl)ccc2c1=O. The molecule has 2 heterocycles. The molecule has 25 heavy (non-hydrogen) atoms. The molecule has 3 rings (SSSR count). The van der Waals surface area contributed by atoms with E-state index in [1.165, 1.54) is 11.8 Å². The van der Waals surface area contributed by atoms with Gasteiger partial charge < -0.3 is 9.15 Å². The molecule has 0 aliphatic heterocycles. The zero-order valence-electron chi connectivity index (χ0n) is 13.9. The van der Waals surface area contributed by atoms with Crippen molar-refractivity contribution >= 4 is 34.3 Å². The van der Waals surface area contributed by atoms with Gasteiger partial charge in [-0.1, -0.05) is 23.4 Å². The molecule has 0 spiro atoms. The van der Waals surface area contributed by atoms with Crippen molar-refractivity contribution in [2.75, 3.05) is 13.7 Å². The predicted molar refractivity (Wildman–Crippen MR) is 96.1 cm³/mol. The first-order chi connectivity index (χ1) is 12.1. The fraction of sp³-hybridized carbons (Fsp3) is 0.375. The van der Waals surface area contributed by atoms with Crippen molar-refractivity contribution in [1.29, 1.82) is 0 Å². The second-order valence-corrected chi connectivity index (χ2v) is 6.74. The number of fused-ring (bicyclic) bond motifs is 1. The maximum absolute atomic E-state index is 12.8. The van der Waals surface area contributed by atoms with Gasteiger partial charge in [0.15, 0.2) is 5.16 Å². The van der Waals surface area contributed by atoms with Crippen molar-refractivity contribution in [1.82, 2.24) is 19.7 Å². The highest BCUT2D eigenvalue weighted by atomic mass is 35.5. The molecule has 0 N–H and O–H groups in total. The van der Waals surface area contributed by atoms with E-state index in [2.05, 4.69) is 15.2 Å². The van der Waals surface area contributed by atoms with Crippen molar-refractivity contribution in [2.24, 2.45) is 0 Å². The molecule has 0 saturated heterocycles. The molecule has 0 radical (unpaired) electrons. The van der Waals surface area contributed by atoms with Crippen LogP contribution < -0.4 is 5.56 Å². The van der Waals surface area contributed by atoms with Gasteiger partial charge in [0, 0.05) is 32.2 Å². The number of rotatable bonds is 7. The fourth-order valence-corrected chi connectivity index (χ4v) is 3.40. The number of hydrogen-bond acceptors (Lipinski definition) is 7. The normalized spacial score (nSPS) is 11.3. The smallest absolute Gasteiger partial charge is 0.262 e. The third-order valence-corrected chi connectivity index (χ3v) is 4.70. The minimum Gasteiger partial charge on any atom is -0.425 e. The van der Waals surface area contributed by atoms with Gasteiger partial charge in [-0.3, -0.25) is 9.36 Å². The van der Waals surface area contributed by atoms with Gasteiger partial charge in [0.05, 0.1) is 16.7 Å². The van der Waals surface area contributed by atoms with Crippen LogP contribution >= 0.6 is 23.4 Å². The number of aromatic nitrogens is 4. The molecule has 0 amide bonds. The van der Waals surface area contributed by atoms with E-state index >= 15 is 0 Å². The Labute approximate surface area is 153 Å². The van der Waals surface area contributed by atoms with Gasteiger partial charge in [0.1, 0.15) is 0 Å². The monoisotopic (exact) mass is 380 g/mol. The maximum Gasteiger partial charge on any atom is 0.262 e. The molecule has 7 nitrogen and oxygen atoms in total. The van der Waals surface area contributed by atoms with E-state index in [-0.39, 0.29) is 5.56 Å². The summed E-state index contributed by atoms with van der Waals surface area (Å²) in [5.74, 6) is 1.43. The number of methoxy groups -OCH3 is 1. The van der Waals surface area contributed by atoms with Crippen LogP contribution in [0.2, 0.25) is 5.02 Å². The van der Waals surface area contributed by atoms with Gasteiger partial charge in [-0.15, -0.1) is 10.2 Å². The Balaban J connectivity index is 1.97. The first-order valence-corrected chi connectivity index (χ1v) is 9.05. The van der Waals surface area contributed by atoms with Crippen LogP contribution in [-0.4, -0.2) is 33.5 Å². The van der Waals surface area contributed by atoms with Gasteiger partial charge >= 0.3 is 0 Å². The van der Waals surface area contributed by atoms with Crippen molar-refractivity contribution < 1.29 is 9.15 Å². The highest BCUT2D eigenvalue weighted by Crippen LogP contribution is 2.23. The van der Waals surface area contributed by atoms with Crippen molar-refractivity contribution in [3.05, 3.63) is 45.4 Å². The maximum atomic E-state index is 12.8. The Kier molecular flexibility index (Phi) is 5.72. The number of nitrogens with zero attached hydrogens (tertiary/aromatic N) is 4. The molecule has 1 aromatic carbocycles. The van der Waals surface area contributed by atoms with Gasteiger partial charge in [0.25, 0.3) is 5.56 Å². The average Bonchev–Trinajstić information content (AvgIpc) is 3.00. The highest BCUT2D eigenvalue weighted by molar-refractivity contribution is 7.98. The molecule has 0 atom stereocenters. The van der Waals surface area contributed by atoms with E-state index < -0.39 is 0 Å². The number of benzene rings is 1. The van der Waals surface area contributed by atoms with Crippen LogP contribution in [0.25, 0.3) is 10.9 Å². The second-order valence-electron chi connectivity index (χ2n) is 5.36. The predicted octanol–water partition coefficient (Wildman–Crippen LogP) is 3.07. The van der Waals surface area contributed by atoms with Crippen LogP contribution in [0.4, 0.5) is 0 Å². The van der Waals surface area contributed by atoms with Crippen molar-refractivity contribution in [2.45, 2.75) is 30.8 Å². The number of hydrogen-bond donors (Lipinski definition) is 0. The molecule has 0 saturated carbocycles. The molecule has 132 valence electrons. The van der Waals surface area contributed by atoms with Crippen LogP contribution in [-0.2, 0) is 17.0 Å². The Morgan fingerprint density at radius 1 is 1.36 bits per heavy atom. The summed E-state index contributed by atoms with van der Waals surface area (Å²) in [6.45, 7) is 2.82. The number of thioether (sulfide) groups is 1. The molecule has 0 fully saturated rings. The minimum atomic E-state index is -0.0954. The largest absolute Gasteiger partial charge is 0.425 e. The molecular weight excluding hydrogens is 364 g/mol. The topological polar surface area (TPSA) is 83.0 Å². The van der Waals surface area contributed by atoms with E-state index in [0.29, 0.717) is 58.2 Å². The summed E-state index contributed by atoms with van der Waals surface area (Å²) in [7, 11) is 1.64. The summed E-state index contributed by atoms with van der Waals surface area (Å²) in [5.41, 5.74) is 0.478. The highest BCUT2D eigenvalue weighted by Gasteiger charge is 2.13. The summed E-state index contributed by atoms with van der Waals surface area (Å²) in [6.07, 6.45) is 0.713. The fourth-order valence-electron chi connectivity index (χ4n) is 2.37. The third-order valence-electron chi connectivity index (χ3n) is 3.51. The Hall–Kier alpha value is -1.90. The molecule has 0 bridgehead atoms. The molecule has 0 aliphatic rings. The summed E-state index contributed by atoms with van der Waals surface area (Å²) < 4.78 is 12.1. The first kappa shape index (κ1) is 17.9. The van der Waals surface area contributed by atoms with E-state index in [0.717, 1.165) is 0 Å². The van der Waals surface area contributed by atoms with E-state index in [1.807, 2.05) is 0 Å². The van der Waals surface area contributed by atoms with Crippen molar-refractivity contribution in [3.8, 4) is 0 Å². The zero-order chi connectivity index (χ0) is 17.8. The van der Waals surface area contributed by atoms with Gasteiger partial charge in [-0.05, 0) is 24.6 Å². The summed E-state index contributed by atoms with van der Waals surface area (Å²) in [5, 5.41) is 9.45. The van der Waals surface area contributed by atoms with Crippen LogP contribution in [0.5, 0.6) is 0 Å². The molecule has 2 aromatic heterocycles. The molecule has 0 aliphatic carbocycles. The van der Waals surface area contributed by atoms with Crippen LogP contribution in [0, 0.1) is 6.92 Å². The number of aryl methyl sites for hydroxylation is 1. The first-order valence-electron chi connectivity index (χ1n) is 7.69. The van der Waals surface area contributed by atoms with Gasteiger partial charge in [0.2, 0.25) is 11.8 Å². The van der Waals surface area contributed by atoms with Gasteiger partial charge in [-0.2, -0.15) is 0 Å². The van der Waals surface area contributed by atoms with E-state index in [4.69, 9.17) is 20.8 Å². The summed E-state index contributed by atoms with van der Waals surface area (Å²) >= 11 is 7.41. The van der Waals surface area contributed by atoms with Crippen molar-refractivity contribution in [3.63, 3.8) is 0 Å². The molecule has 3 aromatic rings. The minimum absolute atomic E-state index is 0.0954.